The van der Waals surface area contributed by atoms with E-state index in [1.54, 1.807) is 23.1 Å². The highest BCUT2D eigenvalue weighted by atomic mass is 35.5. The molecule has 2 aromatic rings. The van der Waals surface area contributed by atoms with Crippen LogP contribution < -0.4 is 9.64 Å². The number of methoxy groups -OCH3 is 1. The quantitative estimate of drug-likeness (QED) is 0.588. The standard InChI is InChI=1S/C17H16ClFN2O3/c1-17(2)9-20(12-6-4-5-7-13(12)21(22)23)15-14(17)10(18)8-11(19)16(15)24-3/h4-8H,9H2,1-3H3. The number of nitro benzene ring substituents is 1. The van der Waals surface area contributed by atoms with Gasteiger partial charge in [0.25, 0.3) is 5.69 Å². The molecule has 0 aliphatic carbocycles. The van der Waals surface area contributed by atoms with E-state index < -0.39 is 16.2 Å². The molecular weight excluding hydrogens is 335 g/mol. The fourth-order valence-corrected chi connectivity index (χ4v) is 3.73. The van der Waals surface area contributed by atoms with Gasteiger partial charge in [-0.15, -0.1) is 0 Å². The van der Waals surface area contributed by atoms with Gasteiger partial charge >= 0.3 is 0 Å². The molecule has 1 aliphatic heterocycles. The minimum atomic E-state index is -0.595. The molecule has 0 fully saturated rings. The Bertz CT molecular complexity index is 839. The summed E-state index contributed by atoms with van der Waals surface area (Å²) >= 11 is 6.29. The number of anilines is 2. The molecule has 3 rings (SSSR count). The van der Waals surface area contributed by atoms with Gasteiger partial charge in [0, 0.05) is 28.6 Å². The third-order valence-corrected chi connectivity index (χ3v) is 4.53. The highest BCUT2D eigenvalue weighted by Gasteiger charge is 2.42. The molecule has 0 spiro atoms. The Hall–Kier alpha value is -2.34. The van der Waals surface area contributed by atoms with Crippen LogP contribution in [0.15, 0.2) is 30.3 Å². The largest absolute Gasteiger partial charge is 0.492 e. The lowest BCUT2D eigenvalue weighted by Crippen LogP contribution is -2.25. The third kappa shape index (κ3) is 2.38. The van der Waals surface area contributed by atoms with Gasteiger partial charge in [0.15, 0.2) is 11.6 Å². The van der Waals surface area contributed by atoms with Crippen LogP contribution in [-0.2, 0) is 5.41 Å². The van der Waals surface area contributed by atoms with Crippen LogP contribution in [0.3, 0.4) is 0 Å². The molecule has 1 aliphatic rings. The first kappa shape index (κ1) is 16.5. The van der Waals surface area contributed by atoms with Gasteiger partial charge in [0.2, 0.25) is 0 Å². The van der Waals surface area contributed by atoms with E-state index in [9.17, 15) is 14.5 Å². The van der Waals surface area contributed by atoms with Crippen LogP contribution in [0.1, 0.15) is 19.4 Å². The Morgan fingerprint density at radius 1 is 1.38 bits per heavy atom. The van der Waals surface area contributed by atoms with Crippen molar-refractivity contribution in [3.63, 3.8) is 0 Å². The fraction of sp³-hybridized carbons (Fsp3) is 0.294. The molecule has 0 aromatic heterocycles. The summed E-state index contributed by atoms with van der Waals surface area (Å²) in [5.74, 6) is -0.555. The molecule has 5 nitrogen and oxygen atoms in total. The Morgan fingerprint density at radius 2 is 2.04 bits per heavy atom. The highest BCUT2D eigenvalue weighted by molar-refractivity contribution is 6.32. The summed E-state index contributed by atoms with van der Waals surface area (Å²) in [6.45, 7) is 4.35. The predicted octanol–water partition coefficient (Wildman–Crippen LogP) is 4.83. The molecule has 0 radical (unpaired) electrons. The maximum Gasteiger partial charge on any atom is 0.292 e. The van der Waals surface area contributed by atoms with Gasteiger partial charge in [-0.2, -0.15) is 0 Å². The van der Waals surface area contributed by atoms with E-state index in [0.717, 1.165) is 5.56 Å². The summed E-state index contributed by atoms with van der Waals surface area (Å²) < 4.78 is 19.6. The van der Waals surface area contributed by atoms with E-state index in [-0.39, 0.29) is 16.5 Å². The van der Waals surface area contributed by atoms with Crippen molar-refractivity contribution < 1.29 is 14.1 Å². The van der Waals surface area contributed by atoms with Crippen LogP contribution in [0.2, 0.25) is 5.02 Å². The minimum Gasteiger partial charge on any atom is -0.492 e. The smallest absolute Gasteiger partial charge is 0.292 e. The summed E-state index contributed by atoms with van der Waals surface area (Å²) in [5, 5.41) is 11.7. The summed E-state index contributed by atoms with van der Waals surface area (Å²) in [5.41, 5.74) is 1.08. The van der Waals surface area contributed by atoms with Crippen LogP contribution in [0, 0.1) is 15.9 Å². The number of ether oxygens (including phenoxy) is 1. The van der Waals surface area contributed by atoms with E-state index in [1.807, 2.05) is 13.8 Å². The maximum absolute atomic E-state index is 14.3. The molecular formula is C17H16ClFN2O3. The van der Waals surface area contributed by atoms with Crippen molar-refractivity contribution in [2.75, 3.05) is 18.6 Å². The van der Waals surface area contributed by atoms with E-state index in [0.29, 0.717) is 17.9 Å². The van der Waals surface area contributed by atoms with Gasteiger partial charge in [0.1, 0.15) is 5.69 Å². The summed E-state index contributed by atoms with van der Waals surface area (Å²) in [4.78, 5) is 12.6. The molecule has 1 heterocycles. The Kier molecular flexibility index (Phi) is 3.87. The maximum atomic E-state index is 14.3. The number of hydrogen-bond donors (Lipinski definition) is 0. The van der Waals surface area contributed by atoms with Crippen molar-refractivity contribution in [2.45, 2.75) is 19.3 Å². The van der Waals surface area contributed by atoms with Gasteiger partial charge in [-0.1, -0.05) is 37.6 Å². The number of hydrogen-bond acceptors (Lipinski definition) is 4. The second kappa shape index (κ2) is 5.63. The van der Waals surface area contributed by atoms with Crippen molar-refractivity contribution >= 4 is 28.7 Å². The van der Waals surface area contributed by atoms with Crippen molar-refractivity contribution in [2.24, 2.45) is 0 Å². The van der Waals surface area contributed by atoms with Crippen LogP contribution in [0.5, 0.6) is 5.75 Å². The predicted molar refractivity (Wildman–Crippen MR) is 91.1 cm³/mol. The number of fused-ring (bicyclic) bond motifs is 1. The Balaban J connectivity index is 2.32. The molecule has 0 N–H and O–H groups in total. The van der Waals surface area contributed by atoms with Crippen molar-refractivity contribution in [1.29, 1.82) is 0 Å². The number of para-hydroxylation sites is 2. The molecule has 126 valence electrons. The fourth-order valence-electron chi connectivity index (χ4n) is 3.29. The monoisotopic (exact) mass is 350 g/mol. The number of nitrogens with zero attached hydrogens (tertiary/aromatic N) is 2. The number of halogens is 2. The highest BCUT2D eigenvalue weighted by Crippen LogP contribution is 2.54. The minimum absolute atomic E-state index is 0.0399. The lowest BCUT2D eigenvalue weighted by molar-refractivity contribution is -0.384. The van der Waals surface area contributed by atoms with Gasteiger partial charge in [-0.25, -0.2) is 4.39 Å². The van der Waals surface area contributed by atoms with Crippen molar-refractivity contribution in [3.05, 3.63) is 56.8 Å². The topological polar surface area (TPSA) is 55.6 Å². The van der Waals surface area contributed by atoms with Crippen molar-refractivity contribution in [1.82, 2.24) is 0 Å². The second-order valence-corrected chi connectivity index (χ2v) is 6.72. The zero-order chi connectivity index (χ0) is 17.6. The summed E-state index contributed by atoms with van der Waals surface area (Å²) in [6, 6.07) is 7.60. The zero-order valence-corrected chi connectivity index (χ0v) is 14.2. The van der Waals surface area contributed by atoms with Gasteiger partial charge in [-0.3, -0.25) is 10.1 Å². The van der Waals surface area contributed by atoms with Crippen LogP contribution in [0.4, 0.5) is 21.5 Å². The lowest BCUT2D eigenvalue weighted by atomic mass is 9.87. The van der Waals surface area contributed by atoms with E-state index >= 15 is 0 Å². The van der Waals surface area contributed by atoms with Gasteiger partial charge < -0.3 is 9.64 Å². The average Bonchev–Trinajstić information content (AvgIpc) is 2.79. The third-order valence-electron chi connectivity index (χ3n) is 4.23. The Labute approximate surface area is 143 Å². The number of benzene rings is 2. The SMILES string of the molecule is COc1c(F)cc(Cl)c2c1N(c1ccccc1[N+](=O)[O-])CC2(C)C. The molecule has 7 heteroatoms. The van der Waals surface area contributed by atoms with Gasteiger partial charge in [0.05, 0.1) is 17.7 Å². The zero-order valence-electron chi connectivity index (χ0n) is 13.5. The summed E-state index contributed by atoms with van der Waals surface area (Å²) in [6.07, 6.45) is 0. The first-order chi connectivity index (χ1) is 11.3. The van der Waals surface area contributed by atoms with E-state index in [2.05, 4.69) is 0 Å². The number of rotatable bonds is 3. The molecule has 24 heavy (non-hydrogen) atoms. The van der Waals surface area contributed by atoms with Crippen LogP contribution in [-0.4, -0.2) is 18.6 Å². The molecule has 0 unspecified atom stereocenters. The van der Waals surface area contributed by atoms with Crippen LogP contribution >= 0.6 is 11.6 Å². The van der Waals surface area contributed by atoms with Crippen LogP contribution in [0.25, 0.3) is 0 Å². The first-order valence-electron chi connectivity index (χ1n) is 7.35. The second-order valence-electron chi connectivity index (χ2n) is 6.31. The first-order valence-corrected chi connectivity index (χ1v) is 7.73. The average molecular weight is 351 g/mol. The van der Waals surface area contributed by atoms with Crippen molar-refractivity contribution in [3.8, 4) is 5.75 Å². The van der Waals surface area contributed by atoms with Gasteiger partial charge in [-0.05, 0) is 12.1 Å². The molecule has 0 bridgehead atoms. The number of nitro groups is 1. The molecule has 2 aromatic carbocycles. The summed E-state index contributed by atoms with van der Waals surface area (Å²) in [7, 11) is 1.37. The van der Waals surface area contributed by atoms with E-state index in [1.165, 1.54) is 19.2 Å². The normalized spacial score (nSPS) is 15.3. The Morgan fingerprint density at radius 3 is 2.67 bits per heavy atom. The van der Waals surface area contributed by atoms with E-state index in [4.69, 9.17) is 16.3 Å². The molecule has 0 atom stereocenters. The molecule has 0 amide bonds. The molecule has 0 saturated heterocycles. The molecule has 0 saturated carbocycles. The lowest BCUT2D eigenvalue weighted by Gasteiger charge is -2.23.